The number of carbonyl (C=O) groups excluding carboxylic acids is 2. The van der Waals surface area contributed by atoms with Gasteiger partial charge in [0, 0.05) is 24.5 Å². The molecule has 9 nitrogen and oxygen atoms in total. The molecule has 2 atom stereocenters. The van der Waals surface area contributed by atoms with E-state index >= 15 is 0 Å². The summed E-state index contributed by atoms with van der Waals surface area (Å²) in [5.41, 5.74) is 12.7. The van der Waals surface area contributed by atoms with E-state index in [1.54, 1.807) is 28.2 Å². The highest BCUT2D eigenvalue weighted by Crippen LogP contribution is 2.19. The molecule has 1 unspecified atom stereocenters. The molecule has 0 radical (unpaired) electrons. The molecule has 1 saturated heterocycles. The Balaban J connectivity index is 1.67. The van der Waals surface area contributed by atoms with Crippen LogP contribution < -0.4 is 27.0 Å². The predicted molar refractivity (Wildman–Crippen MR) is 104 cm³/mol. The number of hydrogen-bond acceptors (Lipinski definition) is 7. The Hall–Kier alpha value is -3.09. The lowest BCUT2D eigenvalue weighted by molar-refractivity contribution is -0.133. The van der Waals surface area contributed by atoms with E-state index in [0.717, 1.165) is 12.1 Å². The van der Waals surface area contributed by atoms with Crippen LogP contribution in [0.2, 0.25) is 0 Å². The highest BCUT2D eigenvalue weighted by atomic mass is 16.2. The quantitative estimate of drug-likeness (QED) is 0.535. The van der Waals surface area contributed by atoms with E-state index in [9.17, 15) is 14.9 Å². The van der Waals surface area contributed by atoms with Gasteiger partial charge in [0.2, 0.25) is 5.91 Å². The molecular formula is C19H25N7O2. The molecule has 2 amide bonds. The molecule has 0 saturated carbocycles. The first-order chi connectivity index (χ1) is 13.6. The van der Waals surface area contributed by atoms with E-state index in [1.807, 2.05) is 18.3 Å². The van der Waals surface area contributed by atoms with Gasteiger partial charge in [-0.15, -0.1) is 5.53 Å². The first kappa shape index (κ1) is 19.7. The molecule has 9 heteroatoms. The highest BCUT2D eigenvalue weighted by Gasteiger charge is 2.33. The Bertz CT molecular complexity index is 771. The van der Waals surface area contributed by atoms with Gasteiger partial charge in [0.05, 0.1) is 11.8 Å². The minimum atomic E-state index is -0.683. The van der Waals surface area contributed by atoms with Crippen molar-refractivity contribution in [3.05, 3.63) is 42.2 Å². The number of hydrazine groups is 2. The molecule has 0 aliphatic carbocycles. The zero-order valence-electron chi connectivity index (χ0n) is 15.6. The molecule has 5 N–H and O–H groups in total. The monoisotopic (exact) mass is 383 g/mol. The summed E-state index contributed by atoms with van der Waals surface area (Å²) in [5, 5.41) is 13.8. The summed E-state index contributed by atoms with van der Waals surface area (Å²) < 4.78 is 0. The summed E-state index contributed by atoms with van der Waals surface area (Å²) >= 11 is 0. The number of amides is 2. The molecule has 148 valence electrons. The SMILES string of the molecule is N#CC1CCCN1C(=O)[C@H](CCCN)NC(=O)c1ccc(N2C=CNN2)cc1. The number of nitrogens with one attached hydrogen (secondary N) is 3. The summed E-state index contributed by atoms with van der Waals surface area (Å²) in [5.74, 6) is -0.530. The fraction of sp³-hybridized carbons (Fsp3) is 0.421. The van der Waals surface area contributed by atoms with Gasteiger partial charge in [-0.1, -0.05) is 0 Å². The van der Waals surface area contributed by atoms with Gasteiger partial charge >= 0.3 is 0 Å². The Kier molecular flexibility index (Phi) is 6.47. The van der Waals surface area contributed by atoms with Crippen molar-refractivity contribution < 1.29 is 9.59 Å². The Morgan fingerprint density at radius 2 is 2.14 bits per heavy atom. The van der Waals surface area contributed by atoms with Gasteiger partial charge in [0.15, 0.2) is 0 Å². The third-order valence-electron chi connectivity index (χ3n) is 4.88. The normalized spacial score (nSPS) is 19.2. The second-order valence-electron chi connectivity index (χ2n) is 6.76. The van der Waals surface area contributed by atoms with Crippen LogP contribution in [0.3, 0.4) is 0 Å². The van der Waals surface area contributed by atoms with Gasteiger partial charge in [-0.3, -0.25) is 14.6 Å². The van der Waals surface area contributed by atoms with Crippen LogP contribution in [0.15, 0.2) is 36.7 Å². The Morgan fingerprint density at radius 3 is 2.79 bits per heavy atom. The van der Waals surface area contributed by atoms with Crippen LogP contribution in [0.1, 0.15) is 36.0 Å². The fourth-order valence-corrected chi connectivity index (χ4v) is 3.37. The largest absolute Gasteiger partial charge is 0.340 e. The van der Waals surface area contributed by atoms with Crippen molar-refractivity contribution in [2.75, 3.05) is 18.1 Å². The third-order valence-corrected chi connectivity index (χ3v) is 4.88. The van der Waals surface area contributed by atoms with E-state index in [0.29, 0.717) is 37.9 Å². The van der Waals surface area contributed by atoms with Gasteiger partial charge in [0.25, 0.3) is 5.91 Å². The number of rotatable bonds is 7. The molecule has 0 spiro atoms. The second kappa shape index (κ2) is 9.21. The molecule has 2 aliphatic rings. The lowest BCUT2D eigenvalue weighted by Gasteiger charge is -2.26. The van der Waals surface area contributed by atoms with E-state index in [2.05, 4.69) is 22.3 Å². The summed E-state index contributed by atoms with van der Waals surface area (Å²) in [4.78, 5) is 27.2. The second-order valence-corrected chi connectivity index (χ2v) is 6.76. The van der Waals surface area contributed by atoms with Crippen LogP contribution in [0, 0.1) is 11.3 Å². The number of hydrogen-bond donors (Lipinski definition) is 4. The average molecular weight is 383 g/mol. The standard InChI is InChI=1S/C19H25N7O2/c20-9-1-4-17(19(28)25-11-2-3-16(25)13-21)23-18(27)14-5-7-15(8-6-14)26-12-10-22-24-26/h5-8,10,12,16-17,22,24H,1-4,9,11,20H2,(H,23,27)/t16?,17-/m0/s1. The van der Waals surface area contributed by atoms with E-state index in [4.69, 9.17) is 5.73 Å². The number of nitriles is 1. The highest BCUT2D eigenvalue weighted by molar-refractivity contribution is 5.98. The smallest absolute Gasteiger partial charge is 0.251 e. The molecule has 1 aromatic rings. The van der Waals surface area contributed by atoms with Crippen molar-refractivity contribution in [2.45, 2.75) is 37.8 Å². The van der Waals surface area contributed by atoms with Crippen molar-refractivity contribution in [3.63, 3.8) is 0 Å². The van der Waals surface area contributed by atoms with Crippen molar-refractivity contribution in [2.24, 2.45) is 5.73 Å². The van der Waals surface area contributed by atoms with Crippen LogP contribution in [-0.4, -0.2) is 41.9 Å². The van der Waals surface area contributed by atoms with Crippen molar-refractivity contribution in [3.8, 4) is 6.07 Å². The predicted octanol–water partition coefficient (Wildman–Crippen LogP) is 0.339. The zero-order chi connectivity index (χ0) is 19.9. The lowest BCUT2D eigenvalue weighted by atomic mass is 10.1. The molecule has 2 heterocycles. The van der Waals surface area contributed by atoms with E-state index in [1.165, 1.54) is 0 Å². The van der Waals surface area contributed by atoms with Gasteiger partial charge in [-0.05, 0) is 56.5 Å². The van der Waals surface area contributed by atoms with Crippen LogP contribution in [0.25, 0.3) is 0 Å². The van der Waals surface area contributed by atoms with Crippen LogP contribution in [0.5, 0.6) is 0 Å². The van der Waals surface area contributed by atoms with E-state index < -0.39 is 12.1 Å². The molecule has 2 aliphatic heterocycles. The Morgan fingerprint density at radius 1 is 1.36 bits per heavy atom. The summed E-state index contributed by atoms with van der Waals surface area (Å²) in [6.45, 7) is 0.978. The minimum absolute atomic E-state index is 0.208. The number of nitrogens with two attached hydrogens (primary N) is 1. The lowest BCUT2D eigenvalue weighted by Crippen LogP contribution is -2.50. The van der Waals surface area contributed by atoms with Gasteiger partial charge < -0.3 is 21.4 Å². The molecule has 0 aromatic heterocycles. The maximum absolute atomic E-state index is 12.9. The molecule has 1 fully saturated rings. The summed E-state index contributed by atoms with van der Waals surface area (Å²) in [6.07, 6.45) is 6.11. The summed E-state index contributed by atoms with van der Waals surface area (Å²) in [7, 11) is 0. The molecular weight excluding hydrogens is 358 g/mol. The van der Waals surface area contributed by atoms with Crippen LogP contribution >= 0.6 is 0 Å². The van der Waals surface area contributed by atoms with Crippen molar-refractivity contribution in [1.29, 1.82) is 5.26 Å². The van der Waals surface area contributed by atoms with E-state index in [-0.39, 0.29) is 11.8 Å². The van der Waals surface area contributed by atoms with Gasteiger partial charge in [-0.25, -0.2) is 0 Å². The maximum Gasteiger partial charge on any atom is 0.251 e. The fourth-order valence-electron chi connectivity index (χ4n) is 3.37. The maximum atomic E-state index is 12.9. The topological polar surface area (TPSA) is 127 Å². The number of likely N-dealkylation sites (tertiary alicyclic amines) is 1. The third kappa shape index (κ3) is 4.42. The first-order valence-electron chi connectivity index (χ1n) is 9.42. The van der Waals surface area contributed by atoms with Crippen LogP contribution in [0.4, 0.5) is 5.69 Å². The molecule has 0 bridgehead atoms. The molecule has 3 rings (SSSR count). The number of carbonyl (C=O) groups is 2. The first-order valence-corrected chi connectivity index (χ1v) is 9.42. The molecule has 1 aromatic carbocycles. The zero-order valence-corrected chi connectivity index (χ0v) is 15.6. The average Bonchev–Trinajstić information content (AvgIpc) is 3.42. The van der Waals surface area contributed by atoms with Gasteiger partial charge in [-0.2, -0.15) is 5.26 Å². The van der Waals surface area contributed by atoms with Crippen LogP contribution in [-0.2, 0) is 4.79 Å². The number of nitrogens with zero attached hydrogens (tertiary/aromatic N) is 3. The van der Waals surface area contributed by atoms with Crippen molar-refractivity contribution in [1.82, 2.24) is 21.2 Å². The van der Waals surface area contributed by atoms with Crippen molar-refractivity contribution >= 4 is 17.5 Å². The van der Waals surface area contributed by atoms with Gasteiger partial charge in [0.1, 0.15) is 12.1 Å². The number of anilines is 1. The Labute approximate surface area is 164 Å². The summed E-state index contributed by atoms with van der Waals surface area (Å²) in [6, 6.07) is 8.10. The molecule has 28 heavy (non-hydrogen) atoms. The minimum Gasteiger partial charge on any atom is -0.340 e. The number of benzene rings is 1.